The molecule has 9 heteroatoms. The van der Waals surface area contributed by atoms with E-state index in [1.54, 1.807) is 24.5 Å². The summed E-state index contributed by atoms with van der Waals surface area (Å²) in [5.74, 6) is 3.67. The van der Waals surface area contributed by atoms with Crippen molar-refractivity contribution in [1.82, 2.24) is 14.9 Å². The Morgan fingerprint density at radius 3 is 2.35 bits per heavy atom. The Morgan fingerprint density at radius 2 is 1.73 bits per heavy atom. The zero-order valence-electron chi connectivity index (χ0n) is 29.5. The summed E-state index contributed by atoms with van der Waals surface area (Å²) >= 11 is 0. The van der Waals surface area contributed by atoms with Crippen LogP contribution in [0.25, 0.3) is 11.3 Å². The number of rotatable bonds is 8. The maximum Gasteiger partial charge on any atom is 0.410 e. The largest absolute Gasteiger partial charge is 0.496 e. The SMILES string of the molecule is COc1ccc([C@H]2CC[C@H](CN(c3cc(-c4coc(C(C)(C)C)n4)ccn3)C(=O)[C@H]3CC[C@H](OC(=O)N4CC(C)C4)CC3)CC2)cc1C. The minimum atomic E-state index is -0.214. The lowest BCUT2D eigenvalue weighted by Crippen LogP contribution is -2.50. The van der Waals surface area contributed by atoms with Gasteiger partial charge in [-0.2, -0.15) is 0 Å². The number of pyridine rings is 1. The Balaban J connectivity index is 1.16. The molecule has 1 aliphatic heterocycles. The third kappa shape index (κ3) is 7.71. The summed E-state index contributed by atoms with van der Waals surface area (Å²) < 4.78 is 17.1. The number of benzene rings is 1. The summed E-state index contributed by atoms with van der Waals surface area (Å²) in [6.07, 6.45) is 10.2. The van der Waals surface area contributed by atoms with Gasteiger partial charge < -0.3 is 18.8 Å². The van der Waals surface area contributed by atoms with E-state index in [9.17, 15) is 9.59 Å². The van der Waals surface area contributed by atoms with Crippen LogP contribution in [0.15, 0.2) is 47.2 Å². The van der Waals surface area contributed by atoms with Gasteiger partial charge >= 0.3 is 6.09 Å². The average Bonchev–Trinajstić information content (AvgIpc) is 3.58. The number of hydrogen-bond donors (Lipinski definition) is 0. The minimum Gasteiger partial charge on any atom is -0.496 e. The fraction of sp³-hybridized carbons (Fsp3) is 0.590. The first-order valence-electron chi connectivity index (χ1n) is 17.8. The molecule has 2 amide bonds. The molecule has 3 fully saturated rings. The molecule has 0 unspecified atom stereocenters. The molecule has 2 aromatic heterocycles. The maximum atomic E-state index is 14.4. The Hall–Kier alpha value is -3.88. The summed E-state index contributed by atoms with van der Waals surface area (Å²) in [6, 6.07) is 10.5. The van der Waals surface area contributed by atoms with E-state index in [2.05, 4.69) is 52.8 Å². The van der Waals surface area contributed by atoms with Crippen molar-refractivity contribution in [2.45, 2.75) is 103 Å². The van der Waals surface area contributed by atoms with Crippen LogP contribution in [0.3, 0.4) is 0 Å². The van der Waals surface area contributed by atoms with Gasteiger partial charge in [0.15, 0.2) is 5.89 Å². The van der Waals surface area contributed by atoms with Gasteiger partial charge in [-0.25, -0.2) is 14.8 Å². The lowest BCUT2D eigenvalue weighted by molar-refractivity contribution is -0.124. The molecule has 3 aromatic rings. The number of carbonyl (C=O) groups is 2. The number of likely N-dealkylation sites (tertiary alicyclic amines) is 1. The minimum absolute atomic E-state index is 0.115. The molecule has 1 saturated heterocycles. The molecule has 0 spiro atoms. The number of nitrogens with zero attached hydrogens (tertiary/aromatic N) is 4. The van der Waals surface area contributed by atoms with Crippen LogP contribution in [0.1, 0.15) is 102 Å². The second-order valence-corrected chi connectivity index (χ2v) is 15.5. The predicted octanol–water partition coefficient (Wildman–Crippen LogP) is 8.31. The molecular formula is C39H52N4O5. The van der Waals surface area contributed by atoms with E-state index in [4.69, 9.17) is 23.9 Å². The van der Waals surface area contributed by atoms with Crippen LogP contribution >= 0.6 is 0 Å². The molecule has 2 saturated carbocycles. The van der Waals surface area contributed by atoms with Gasteiger partial charge in [0, 0.05) is 42.7 Å². The number of carbonyl (C=O) groups excluding carboxylic acids is 2. The van der Waals surface area contributed by atoms with Crippen molar-refractivity contribution < 1.29 is 23.5 Å². The van der Waals surface area contributed by atoms with Gasteiger partial charge in [0.1, 0.15) is 29.6 Å². The lowest BCUT2D eigenvalue weighted by Gasteiger charge is -2.38. The molecule has 48 heavy (non-hydrogen) atoms. The van der Waals surface area contributed by atoms with Crippen molar-refractivity contribution >= 4 is 17.8 Å². The molecule has 0 N–H and O–H groups in total. The smallest absolute Gasteiger partial charge is 0.410 e. The van der Waals surface area contributed by atoms with Gasteiger partial charge in [-0.3, -0.25) is 9.69 Å². The highest BCUT2D eigenvalue weighted by molar-refractivity contribution is 5.94. The molecule has 6 rings (SSSR count). The first-order valence-corrected chi connectivity index (χ1v) is 17.8. The quantitative estimate of drug-likeness (QED) is 0.241. The second kappa shape index (κ2) is 14.3. The van der Waals surface area contributed by atoms with E-state index >= 15 is 0 Å². The van der Waals surface area contributed by atoms with Crippen molar-refractivity contribution in [3.63, 3.8) is 0 Å². The van der Waals surface area contributed by atoms with E-state index in [0.29, 0.717) is 61.7 Å². The Bertz CT molecular complexity index is 1570. The first kappa shape index (κ1) is 34.0. The van der Waals surface area contributed by atoms with Crippen LogP contribution in [0.4, 0.5) is 10.6 Å². The summed E-state index contributed by atoms with van der Waals surface area (Å²) in [5, 5.41) is 0. The van der Waals surface area contributed by atoms with Crippen molar-refractivity contribution in [3.8, 4) is 17.0 Å². The monoisotopic (exact) mass is 656 g/mol. The van der Waals surface area contributed by atoms with Gasteiger partial charge in [-0.15, -0.1) is 0 Å². The standard InChI is InChI=1S/C39H52N4O5/c1-25-21-42(22-25)38(45)48-32-14-11-29(12-15-32)36(44)43(35-20-31(17-18-40-35)33-24-47-37(41-33)39(3,4)5)23-27-7-9-28(10-8-27)30-13-16-34(46-6)26(2)19-30/h13,16-20,24-25,27-29,32H,7-12,14-15,21-23H2,1-6H3/t27-,28-,29-,32-. The molecule has 0 bridgehead atoms. The molecule has 0 atom stereocenters. The number of oxazole rings is 1. The third-order valence-corrected chi connectivity index (χ3v) is 10.5. The Labute approximate surface area is 285 Å². The fourth-order valence-electron chi connectivity index (χ4n) is 7.58. The lowest BCUT2D eigenvalue weighted by atomic mass is 9.78. The van der Waals surface area contributed by atoms with E-state index in [1.807, 2.05) is 17.0 Å². The number of amides is 2. The fourth-order valence-corrected chi connectivity index (χ4v) is 7.58. The van der Waals surface area contributed by atoms with Crippen LogP contribution < -0.4 is 9.64 Å². The Kier molecular flexibility index (Phi) is 10.1. The highest BCUT2D eigenvalue weighted by Gasteiger charge is 2.36. The van der Waals surface area contributed by atoms with E-state index in [-0.39, 0.29) is 29.4 Å². The van der Waals surface area contributed by atoms with Gasteiger partial charge in [0.2, 0.25) is 5.91 Å². The Morgan fingerprint density at radius 1 is 1.00 bits per heavy atom. The number of anilines is 1. The maximum absolute atomic E-state index is 14.4. The van der Waals surface area contributed by atoms with Gasteiger partial charge in [-0.1, -0.05) is 39.8 Å². The number of aromatic nitrogens is 2. The first-order chi connectivity index (χ1) is 23.0. The van der Waals surface area contributed by atoms with Crippen LogP contribution in [-0.2, 0) is 14.9 Å². The molecule has 3 heterocycles. The molecule has 0 radical (unpaired) electrons. The van der Waals surface area contributed by atoms with E-state index in [0.717, 1.165) is 55.8 Å². The summed E-state index contributed by atoms with van der Waals surface area (Å²) in [6.45, 7) is 12.6. The second-order valence-electron chi connectivity index (χ2n) is 15.5. The third-order valence-electron chi connectivity index (χ3n) is 10.5. The summed E-state index contributed by atoms with van der Waals surface area (Å²) in [5.41, 5.74) is 3.95. The number of aryl methyl sites for hydroxylation is 1. The van der Waals surface area contributed by atoms with E-state index in [1.165, 1.54) is 11.1 Å². The molecule has 2 aliphatic carbocycles. The highest BCUT2D eigenvalue weighted by atomic mass is 16.6. The van der Waals surface area contributed by atoms with Crippen molar-refractivity contribution in [3.05, 3.63) is 59.8 Å². The summed E-state index contributed by atoms with van der Waals surface area (Å²) in [4.78, 5) is 40.1. The van der Waals surface area contributed by atoms with Crippen LogP contribution in [0.2, 0.25) is 0 Å². The molecule has 3 aliphatic rings. The average molecular weight is 657 g/mol. The van der Waals surface area contributed by atoms with Crippen LogP contribution in [0, 0.1) is 24.7 Å². The van der Waals surface area contributed by atoms with Crippen LogP contribution in [-0.4, -0.2) is 59.7 Å². The number of ether oxygens (including phenoxy) is 2. The van der Waals surface area contributed by atoms with Gasteiger partial charge in [-0.05, 0) is 105 Å². The number of hydrogen-bond acceptors (Lipinski definition) is 7. The van der Waals surface area contributed by atoms with Crippen molar-refractivity contribution in [1.29, 1.82) is 0 Å². The van der Waals surface area contributed by atoms with E-state index < -0.39 is 0 Å². The molecule has 9 nitrogen and oxygen atoms in total. The van der Waals surface area contributed by atoms with Gasteiger partial charge in [0.25, 0.3) is 0 Å². The normalized spacial score (nSPS) is 23.3. The topological polar surface area (TPSA) is 98.0 Å². The molecule has 1 aromatic carbocycles. The highest BCUT2D eigenvalue weighted by Crippen LogP contribution is 2.39. The predicted molar refractivity (Wildman–Crippen MR) is 186 cm³/mol. The number of methoxy groups -OCH3 is 1. The zero-order chi connectivity index (χ0) is 34.0. The van der Waals surface area contributed by atoms with Crippen molar-refractivity contribution in [2.24, 2.45) is 17.8 Å². The summed E-state index contributed by atoms with van der Waals surface area (Å²) in [7, 11) is 1.72. The van der Waals surface area contributed by atoms with Crippen LogP contribution in [0.5, 0.6) is 5.75 Å². The molecular weight excluding hydrogens is 604 g/mol. The van der Waals surface area contributed by atoms with Crippen molar-refractivity contribution in [2.75, 3.05) is 31.6 Å². The van der Waals surface area contributed by atoms with Gasteiger partial charge in [0.05, 0.1) is 7.11 Å². The molecule has 258 valence electrons. The zero-order valence-corrected chi connectivity index (χ0v) is 29.5.